The molecule has 244 valence electrons. The second-order valence-corrected chi connectivity index (χ2v) is 13.6. The number of para-hydroxylation sites is 2. The van der Waals surface area contributed by atoms with Crippen LogP contribution in [0.1, 0.15) is 36.7 Å². The third-order valence-corrected chi connectivity index (χ3v) is 10.6. The lowest BCUT2D eigenvalue weighted by atomic mass is 9.88. The van der Waals surface area contributed by atoms with Crippen molar-refractivity contribution in [3.8, 4) is 11.1 Å². The third kappa shape index (κ3) is 4.79. The van der Waals surface area contributed by atoms with Crippen molar-refractivity contribution in [3.63, 3.8) is 0 Å². The Labute approximate surface area is 295 Å². The van der Waals surface area contributed by atoms with Gasteiger partial charge in [0, 0.05) is 38.7 Å². The first kappa shape index (κ1) is 29.5. The Morgan fingerprint density at radius 2 is 1.12 bits per heavy atom. The molecule has 10 rings (SSSR count). The minimum Gasteiger partial charge on any atom is -0.456 e. The smallest absolute Gasteiger partial charge is 0.145 e. The van der Waals surface area contributed by atoms with E-state index in [0.717, 1.165) is 72.0 Å². The van der Waals surface area contributed by atoms with Gasteiger partial charge in [-0.25, -0.2) is 0 Å². The number of fused-ring (bicyclic) bond motifs is 7. The molecule has 2 aromatic heterocycles. The van der Waals surface area contributed by atoms with E-state index in [0.29, 0.717) is 0 Å². The largest absolute Gasteiger partial charge is 0.456 e. The van der Waals surface area contributed by atoms with E-state index < -0.39 is 0 Å². The van der Waals surface area contributed by atoms with Gasteiger partial charge in [0.25, 0.3) is 0 Å². The van der Waals surface area contributed by atoms with Gasteiger partial charge in [0.05, 0.1) is 5.71 Å². The van der Waals surface area contributed by atoms with Crippen molar-refractivity contribution in [1.82, 2.24) is 5.32 Å². The maximum Gasteiger partial charge on any atom is 0.145 e. The molecule has 1 aliphatic heterocycles. The van der Waals surface area contributed by atoms with Crippen LogP contribution in [0, 0.1) is 5.92 Å². The molecule has 4 heteroatoms. The zero-order valence-electron chi connectivity index (χ0n) is 28.4. The van der Waals surface area contributed by atoms with Crippen LogP contribution in [0.2, 0.25) is 0 Å². The zero-order chi connectivity index (χ0) is 34.1. The lowest BCUT2D eigenvalue weighted by Gasteiger charge is -2.20. The molecule has 0 radical (unpaired) electrons. The highest BCUT2D eigenvalue weighted by Crippen LogP contribution is 2.40. The van der Waals surface area contributed by atoms with Gasteiger partial charge in [0.1, 0.15) is 28.5 Å². The molecule has 4 nitrogen and oxygen atoms in total. The highest BCUT2D eigenvalue weighted by molar-refractivity contribution is 6.13. The molecular weight excluding hydrogens is 625 g/mol. The third-order valence-electron chi connectivity index (χ3n) is 10.6. The van der Waals surface area contributed by atoms with Gasteiger partial charge in [-0.1, -0.05) is 122 Å². The number of aliphatic imine (C=N–C) groups is 1. The lowest BCUT2D eigenvalue weighted by Crippen LogP contribution is -2.19. The Morgan fingerprint density at radius 1 is 0.529 bits per heavy atom. The molecule has 0 saturated carbocycles. The molecule has 7 aromatic carbocycles. The van der Waals surface area contributed by atoms with E-state index in [1.54, 1.807) is 0 Å². The van der Waals surface area contributed by atoms with Crippen molar-refractivity contribution in [2.45, 2.75) is 20.0 Å². The Morgan fingerprint density at radius 3 is 1.86 bits per heavy atom. The summed E-state index contributed by atoms with van der Waals surface area (Å²) in [5.41, 5.74) is 12.7. The van der Waals surface area contributed by atoms with Gasteiger partial charge in [0.2, 0.25) is 0 Å². The molecule has 0 bridgehead atoms. The van der Waals surface area contributed by atoms with Crippen molar-refractivity contribution < 1.29 is 8.83 Å². The Balaban J connectivity index is 1.12. The summed E-state index contributed by atoms with van der Waals surface area (Å²) in [4.78, 5) is 5.60. The Hall–Kier alpha value is -6.39. The summed E-state index contributed by atoms with van der Waals surface area (Å²) in [6.45, 7) is 4.51. The number of benzene rings is 7. The minimum atomic E-state index is -0.330. The van der Waals surface area contributed by atoms with Crippen LogP contribution in [0.5, 0.6) is 0 Å². The SMILES string of the molecule is CC1=C(c2ccccc2)NC(c2cccc3oc4ccccc4c23)N=C(c2ccc3cc(-c4cccc5oc6ccccc6c45)ccc3c2)C1C. The molecule has 1 N–H and O–H groups in total. The fraction of sp³-hybridized carbons (Fsp3) is 0.0851. The van der Waals surface area contributed by atoms with Crippen LogP contribution < -0.4 is 5.32 Å². The van der Waals surface area contributed by atoms with E-state index in [1.165, 1.54) is 27.5 Å². The molecule has 51 heavy (non-hydrogen) atoms. The van der Waals surface area contributed by atoms with Gasteiger partial charge in [-0.3, -0.25) is 4.99 Å². The van der Waals surface area contributed by atoms with Crippen LogP contribution in [0.4, 0.5) is 0 Å². The average molecular weight is 659 g/mol. The summed E-state index contributed by atoms with van der Waals surface area (Å²) in [7, 11) is 0. The molecule has 0 saturated heterocycles. The van der Waals surface area contributed by atoms with Gasteiger partial charge in [-0.2, -0.15) is 0 Å². The van der Waals surface area contributed by atoms with Crippen molar-refractivity contribution in [1.29, 1.82) is 0 Å². The predicted molar refractivity (Wildman–Crippen MR) is 211 cm³/mol. The van der Waals surface area contributed by atoms with Gasteiger partial charge in [-0.15, -0.1) is 0 Å². The number of hydrogen-bond donors (Lipinski definition) is 1. The quantitative estimate of drug-likeness (QED) is 0.205. The maximum absolute atomic E-state index is 6.32. The lowest BCUT2D eigenvalue weighted by molar-refractivity contribution is 0.661. The normalized spacial score (nSPS) is 16.6. The summed E-state index contributed by atoms with van der Waals surface area (Å²) < 4.78 is 12.5. The number of nitrogens with zero attached hydrogens (tertiary/aromatic N) is 1. The molecule has 2 atom stereocenters. The van der Waals surface area contributed by atoms with E-state index in [4.69, 9.17) is 13.8 Å². The van der Waals surface area contributed by atoms with Gasteiger partial charge in [0.15, 0.2) is 0 Å². The van der Waals surface area contributed by atoms with E-state index in [9.17, 15) is 0 Å². The molecule has 0 spiro atoms. The van der Waals surface area contributed by atoms with E-state index in [2.05, 4.69) is 147 Å². The van der Waals surface area contributed by atoms with Crippen molar-refractivity contribution >= 4 is 66.1 Å². The monoisotopic (exact) mass is 658 g/mol. The molecule has 0 aliphatic carbocycles. The van der Waals surface area contributed by atoms with Crippen LogP contribution in [0.3, 0.4) is 0 Å². The molecule has 3 heterocycles. The first-order valence-electron chi connectivity index (χ1n) is 17.6. The number of nitrogens with one attached hydrogen (secondary N) is 1. The number of allylic oxidation sites excluding steroid dienone is 1. The Bertz CT molecular complexity index is 2870. The first-order chi connectivity index (χ1) is 25.1. The second kappa shape index (κ2) is 11.6. The summed E-state index contributed by atoms with van der Waals surface area (Å²) in [5.74, 6) is 0.0710. The van der Waals surface area contributed by atoms with Crippen molar-refractivity contribution in [3.05, 3.63) is 174 Å². The summed E-state index contributed by atoms with van der Waals surface area (Å²) in [6, 6.07) is 53.3. The fourth-order valence-corrected chi connectivity index (χ4v) is 7.96. The highest BCUT2D eigenvalue weighted by Gasteiger charge is 2.28. The van der Waals surface area contributed by atoms with Gasteiger partial charge < -0.3 is 14.2 Å². The Kier molecular flexibility index (Phi) is 6.72. The van der Waals surface area contributed by atoms with Crippen LogP contribution in [0.15, 0.2) is 171 Å². The van der Waals surface area contributed by atoms with E-state index in [-0.39, 0.29) is 12.1 Å². The number of furan rings is 2. The van der Waals surface area contributed by atoms with Crippen molar-refractivity contribution in [2.24, 2.45) is 10.9 Å². The molecular formula is C47H34N2O2. The molecule has 0 fully saturated rings. The highest BCUT2D eigenvalue weighted by atomic mass is 16.3. The van der Waals surface area contributed by atoms with Crippen LogP contribution in [-0.4, -0.2) is 5.71 Å². The molecule has 1 aliphatic rings. The molecule has 2 unspecified atom stereocenters. The zero-order valence-corrected chi connectivity index (χ0v) is 28.4. The van der Waals surface area contributed by atoms with E-state index in [1.807, 2.05) is 24.3 Å². The summed E-state index contributed by atoms with van der Waals surface area (Å²) >= 11 is 0. The first-order valence-corrected chi connectivity index (χ1v) is 17.6. The van der Waals surface area contributed by atoms with Crippen LogP contribution in [-0.2, 0) is 0 Å². The van der Waals surface area contributed by atoms with Gasteiger partial charge in [-0.05, 0) is 81.9 Å². The van der Waals surface area contributed by atoms with Crippen LogP contribution >= 0.6 is 0 Å². The summed E-state index contributed by atoms with van der Waals surface area (Å²) in [5, 5.41) is 10.8. The second-order valence-electron chi connectivity index (χ2n) is 13.6. The standard InChI is InChI=1S/C47H34N2O2/c1-28-29(2)46(34-25-23-31-26-33(24-22-32(31)27-34)35-16-10-20-41-43(35)36-14-6-8-18-39(36)50-41)49-47(48-45(28)30-12-4-3-5-13-30)38-17-11-21-42-44(38)37-15-7-9-19-40(37)51-42/h3-27,29,47-48H,1-2H3. The number of rotatable bonds is 4. The van der Waals surface area contributed by atoms with Crippen LogP contribution in [0.25, 0.3) is 71.5 Å². The van der Waals surface area contributed by atoms with E-state index >= 15 is 0 Å². The van der Waals surface area contributed by atoms with Gasteiger partial charge >= 0.3 is 0 Å². The predicted octanol–water partition coefficient (Wildman–Crippen LogP) is 12.5. The topological polar surface area (TPSA) is 50.7 Å². The summed E-state index contributed by atoms with van der Waals surface area (Å²) in [6.07, 6.45) is -0.330. The van der Waals surface area contributed by atoms with Crippen molar-refractivity contribution in [2.75, 3.05) is 0 Å². The average Bonchev–Trinajstić information content (AvgIpc) is 3.73. The number of hydrogen-bond acceptors (Lipinski definition) is 4. The minimum absolute atomic E-state index is 0.0710. The fourth-order valence-electron chi connectivity index (χ4n) is 7.96. The maximum atomic E-state index is 6.32. The molecule has 9 aromatic rings. The molecule has 0 amide bonds.